The zero-order chi connectivity index (χ0) is 22.9. The van der Waals surface area contributed by atoms with Crippen molar-refractivity contribution in [2.45, 2.75) is 63.4 Å². The van der Waals surface area contributed by atoms with Crippen LogP contribution in [0.2, 0.25) is 0 Å². The number of carbonyl (C=O) groups is 2. The maximum Gasteiger partial charge on any atom is 0.248 e. The highest BCUT2D eigenvalue weighted by molar-refractivity contribution is 5.98. The number of nitrogens with zero attached hydrogens (tertiary/aromatic N) is 3. The number of amides is 2. The zero-order valence-corrected chi connectivity index (χ0v) is 18.4. The maximum absolute atomic E-state index is 13.4. The van der Waals surface area contributed by atoms with E-state index in [2.05, 4.69) is 6.07 Å². The maximum atomic E-state index is 13.4. The van der Waals surface area contributed by atoms with Crippen LogP contribution in [0.1, 0.15) is 47.9 Å². The molecular weight excluding hydrogens is 418 g/mol. The first-order chi connectivity index (χ1) is 16.1. The fraction of sp³-hybridized carbons (Fsp3) is 0.423. The lowest BCUT2D eigenvalue weighted by Gasteiger charge is -2.48. The number of rotatable bonds is 5. The molecule has 0 unspecified atom stereocenters. The molecule has 2 heterocycles. The molecule has 2 atom stereocenters. The highest BCUT2D eigenvalue weighted by atomic mass is 16.5. The van der Waals surface area contributed by atoms with Crippen LogP contribution in [0.25, 0.3) is 0 Å². The van der Waals surface area contributed by atoms with Crippen LogP contribution in [0, 0.1) is 11.3 Å². The van der Waals surface area contributed by atoms with Gasteiger partial charge in [-0.25, -0.2) is 0 Å². The van der Waals surface area contributed by atoms with Gasteiger partial charge in [0.2, 0.25) is 11.8 Å². The molecule has 1 saturated carbocycles. The van der Waals surface area contributed by atoms with Gasteiger partial charge in [0.25, 0.3) is 0 Å². The van der Waals surface area contributed by atoms with E-state index in [-0.39, 0.29) is 24.5 Å². The van der Waals surface area contributed by atoms with Gasteiger partial charge in [-0.1, -0.05) is 31.0 Å². The Hall–Kier alpha value is -3.37. The molecule has 0 radical (unpaired) electrons. The van der Waals surface area contributed by atoms with Gasteiger partial charge >= 0.3 is 0 Å². The third-order valence-corrected chi connectivity index (χ3v) is 7.10. The second-order valence-electron chi connectivity index (χ2n) is 9.10. The zero-order valence-electron chi connectivity index (χ0n) is 18.4. The average Bonchev–Trinajstić information content (AvgIpc) is 3.38. The van der Waals surface area contributed by atoms with Gasteiger partial charge in [0.05, 0.1) is 18.2 Å². The second kappa shape index (κ2) is 8.87. The van der Waals surface area contributed by atoms with Crippen molar-refractivity contribution in [1.82, 2.24) is 9.80 Å². The van der Waals surface area contributed by atoms with E-state index in [1.807, 2.05) is 30.3 Å². The quantitative estimate of drug-likeness (QED) is 0.763. The second-order valence-corrected chi connectivity index (χ2v) is 9.10. The van der Waals surface area contributed by atoms with Crippen LogP contribution in [0.4, 0.5) is 0 Å². The van der Waals surface area contributed by atoms with Crippen molar-refractivity contribution < 1.29 is 19.4 Å². The summed E-state index contributed by atoms with van der Waals surface area (Å²) in [5, 5.41) is 19.0. The minimum absolute atomic E-state index is 0.0381. The molecular formula is C26H27N3O4. The van der Waals surface area contributed by atoms with E-state index in [4.69, 9.17) is 10.00 Å². The average molecular weight is 446 g/mol. The van der Waals surface area contributed by atoms with Crippen LogP contribution in [0.15, 0.2) is 42.5 Å². The van der Waals surface area contributed by atoms with E-state index >= 15 is 0 Å². The Labute approximate surface area is 193 Å². The number of piperazine rings is 1. The lowest BCUT2D eigenvalue weighted by Crippen LogP contribution is -2.68. The molecule has 1 saturated heterocycles. The highest BCUT2D eigenvalue weighted by Crippen LogP contribution is 2.35. The largest absolute Gasteiger partial charge is 0.489 e. The number of benzene rings is 2. The van der Waals surface area contributed by atoms with E-state index < -0.39 is 12.1 Å². The minimum atomic E-state index is -0.787. The topological polar surface area (TPSA) is 93.9 Å². The molecule has 0 spiro atoms. The van der Waals surface area contributed by atoms with Crippen molar-refractivity contribution in [2.75, 3.05) is 6.61 Å². The van der Waals surface area contributed by atoms with Crippen molar-refractivity contribution in [1.29, 1.82) is 5.26 Å². The molecule has 0 aromatic heterocycles. The summed E-state index contributed by atoms with van der Waals surface area (Å²) < 4.78 is 5.94. The monoisotopic (exact) mass is 445 g/mol. The smallest absolute Gasteiger partial charge is 0.248 e. The van der Waals surface area contributed by atoms with E-state index in [0.29, 0.717) is 30.9 Å². The summed E-state index contributed by atoms with van der Waals surface area (Å²) in [7, 11) is 0. The summed E-state index contributed by atoms with van der Waals surface area (Å²) in [6, 6.07) is 14.0. The van der Waals surface area contributed by atoms with E-state index in [9.17, 15) is 14.7 Å². The molecule has 5 rings (SSSR count). The summed E-state index contributed by atoms with van der Waals surface area (Å²) in [6.45, 7) is 0.323. The molecule has 2 aliphatic heterocycles. The lowest BCUT2D eigenvalue weighted by atomic mass is 9.89. The number of aliphatic hydroxyl groups excluding tert-OH is 1. The van der Waals surface area contributed by atoms with Crippen molar-refractivity contribution in [3.8, 4) is 11.8 Å². The molecule has 7 nitrogen and oxygen atoms in total. The summed E-state index contributed by atoms with van der Waals surface area (Å²) in [5.41, 5.74) is 3.50. The number of hydrogen-bond donors (Lipinski definition) is 1. The lowest BCUT2D eigenvalue weighted by molar-refractivity contribution is -0.167. The molecule has 2 fully saturated rings. The van der Waals surface area contributed by atoms with Crippen LogP contribution in [-0.4, -0.2) is 51.5 Å². The van der Waals surface area contributed by atoms with E-state index in [0.717, 1.165) is 42.4 Å². The van der Waals surface area contributed by atoms with E-state index in [1.54, 1.807) is 21.9 Å². The Kier molecular flexibility index (Phi) is 5.77. The molecule has 2 aromatic rings. The standard InChI is InChI=1S/C26H27N3O4/c27-13-17-4-3-5-18(10-17)16-33-22-9-8-19-12-23-26(32)29(21-6-1-2-7-21)24(15-30)25(31)28(23)14-20(19)11-22/h3-5,8-11,21,23-24,30H,1-2,6-7,12,14-16H2/t23-,24+/m1/s1. The molecule has 170 valence electrons. The molecule has 1 aliphatic carbocycles. The minimum Gasteiger partial charge on any atom is -0.489 e. The van der Waals surface area contributed by atoms with Gasteiger partial charge in [-0.05, 0) is 53.8 Å². The van der Waals surface area contributed by atoms with Gasteiger partial charge in [-0.15, -0.1) is 0 Å². The summed E-state index contributed by atoms with van der Waals surface area (Å²) >= 11 is 0. The van der Waals surface area contributed by atoms with E-state index in [1.165, 1.54) is 0 Å². The summed E-state index contributed by atoms with van der Waals surface area (Å²) in [4.78, 5) is 30.0. The Bertz CT molecular complexity index is 1120. The van der Waals surface area contributed by atoms with Crippen LogP contribution < -0.4 is 4.74 Å². The van der Waals surface area contributed by atoms with Gasteiger partial charge in [0, 0.05) is 19.0 Å². The van der Waals surface area contributed by atoms with Crippen molar-refractivity contribution in [3.05, 3.63) is 64.7 Å². The number of ether oxygens (including phenoxy) is 1. The molecule has 2 amide bonds. The summed E-state index contributed by atoms with van der Waals surface area (Å²) in [6.07, 6.45) is 4.39. The first kappa shape index (κ1) is 21.5. The number of carbonyl (C=O) groups excluding carboxylic acids is 2. The predicted molar refractivity (Wildman–Crippen MR) is 120 cm³/mol. The van der Waals surface area contributed by atoms with Crippen LogP contribution >= 0.6 is 0 Å². The molecule has 1 N–H and O–H groups in total. The first-order valence-corrected chi connectivity index (χ1v) is 11.6. The van der Waals surface area contributed by atoms with Crippen LogP contribution in [0.3, 0.4) is 0 Å². The highest BCUT2D eigenvalue weighted by Gasteiger charge is 2.49. The Balaban J connectivity index is 1.35. The molecule has 7 heteroatoms. The van der Waals surface area contributed by atoms with Gasteiger partial charge in [0.1, 0.15) is 24.4 Å². The molecule has 33 heavy (non-hydrogen) atoms. The Morgan fingerprint density at radius 1 is 1.06 bits per heavy atom. The number of aliphatic hydroxyl groups is 1. The summed E-state index contributed by atoms with van der Waals surface area (Å²) in [5.74, 6) is 0.472. The number of hydrogen-bond acceptors (Lipinski definition) is 5. The number of nitriles is 1. The molecule has 2 aromatic carbocycles. The van der Waals surface area contributed by atoms with Gasteiger partial charge in [-0.3, -0.25) is 9.59 Å². The van der Waals surface area contributed by atoms with Crippen molar-refractivity contribution >= 4 is 11.8 Å². The third kappa shape index (κ3) is 3.96. The fourth-order valence-electron chi connectivity index (χ4n) is 5.42. The third-order valence-electron chi connectivity index (χ3n) is 7.10. The van der Waals surface area contributed by atoms with Gasteiger partial charge < -0.3 is 19.6 Å². The van der Waals surface area contributed by atoms with Gasteiger partial charge in [-0.2, -0.15) is 5.26 Å². The van der Waals surface area contributed by atoms with Gasteiger partial charge in [0.15, 0.2) is 0 Å². The number of fused-ring (bicyclic) bond motifs is 2. The Morgan fingerprint density at radius 3 is 2.64 bits per heavy atom. The predicted octanol–water partition coefficient (Wildman–Crippen LogP) is 2.54. The first-order valence-electron chi connectivity index (χ1n) is 11.6. The fourth-order valence-corrected chi connectivity index (χ4v) is 5.42. The Morgan fingerprint density at radius 2 is 1.88 bits per heavy atom. The normalized spacial score (nSPS) is 22.7. The SMILES string of the molecule is N#Cc1cccc(COc2ccc3c(c2)CN2C(=O)[C@H](CO)N(C4CCCC4)C(=O)[C@H]2C3)c1. The van der Waals surface area contributed by atoms with Crippen molar-refractivity contribution in [2.24, 2.45) is 0 Å². The van der Waals surface area contributed by atoms with Crippen LogP contribution in [0.5, 0.6) is 5.75 Å². The van der Waals surface area contributed by atoms with Crippen LogP contribution in [-0.2, 0) is 29.2 Å². The molecule has 0 bridgehead atoms. The van der Waals surface area contributed by atoms with Crippen molar-refractivity contribution in [3.63, 3.8) is 0 Å². The molecule has 3 aliphatic rings.